The lowest BCUT2D eigenvalue weighted by Crippen LogP contribution is -2.26. The Bertz CT molecular complexity index is 1140. The number of benzene rings is 2. The van der Waals surface area contributed by atoms with Gasteiger partial charge in [-0.3, -0.25) is 14.7 Å². The third kappa shape index (κ3) is 4.14. The van der Waals surface area contributed by atoms with Crippen molar-refractivity contribution in [3.8, 4) is 5.75 Å². The number of H-pyrrole nitrogens is 1. The third-order valence-corrected chi connectivity index (χ3v) is 4.69. The first-order valence-corrected chi connectivity index (χ1v) is 9.25. The summed E-state index contributed by atoms with van der Waals surface area (Å²) < 4.78 is 5.72. The molecule has 1 aromatic heterocycles. The Morgan fingerprint density at radius 1 is 1.28 bits per heavy atom. The topological polar surface area (TPSA) is 96.1 Å². The summed E-state index contributed by atoms with van der Waals surface area (Å²) in [6.07, 6.45) is 3.28. The largest absolute Gasteiger partial charge is 0.449 e. The Labute approximate surface area is 171 Å². The normalized spacial score (nSPS) is 14.1. The molecule has 146 valence electrons. The summed E-state index contributed by atoms with van der Waals surface area (Å²) in [6.45, 7) is 2.24. The van der Waals surface area contributed by atoms with E-state index in [1.165, 1.54) is 0 Å². The first-order valence-electron chi connectivity index (χ1n) is 8.87. The van der Waals surface area contributed by atoms with E-state index in [2.05, 4.69) is 20.8 Å². The van der Waals surface area contributed by atoms with Gasteiger partial charge in [0.25, 0.3) is 11.8 Å². The molecule has 7 nitrogen and oxygen atoms in total. The van der Waals surface area contributed by atoms with Crippen molar-refractivity contribution in [1.29, 1.82) is 0 Å². The Morgan fingerprint density at radius 2 is 2.14 bits per heavy atom. The van der Waals surface area contributed by atoms with Crippen LogP contribution in [0.5, 0.6) is 5.75 Å². The monoisotopic (exact) mass is 408 g/mol. The van der Waals surface area contributed by atoms with Crippen molar-refractivity contribution in [2.75, 3.05) is 5.32 Å². The molecule has 1 aliphatic heterocycles. The molecule has 2 heterocycles. The van der Waals surface area contributed by atoms with Crippen molar-refractivity contribution in [1.82, 2.24) is 15.5 Å². The molecule has 0 unspecified atom stereocenters. The van der Waals surface area contributed by atoms with Crippen LogP contribution in [0.2, 0.25) is 5.02 Å². The fourth-order valence-corrected chi connectivity index (χ4v) is 3.08. The molecule has 0 atom stereocenters. The quantitative estimate of drug-likeness (QED) is 0.574. The lowest BCUT2D eigenvalue weighted by atomic mass is 10.1. The smallest absolute Gasteiger partial charge is 0.291 e. The number of carbonyl (C=O) groups is 2. The highest BCUT2D eigenvalue weighted by Gasteiger charge is 2.23. The van der Waals surface area contributed by atoms with Crippen molar-refractivity contribution >= 4 is 35.2 Å². The number of hydrogen-bond acceptors (Lipinski definition) is 4. The minimum absolute atomic E-state index is 0.146. The van der Waals surface area contributed by atoms with Crippen LogP contribution in [0.4, 0.5) is 5.69 Å². The summed E-state index contributed by atoms with van der Waals surface area (Å²) in [5, 5.41) is 12.9. The Morgan fingerprint density at radius 3 is 2.90 bits per heavy atom. The molecule has 1 aliphatic rings. The molecule has 2 aromatic carbocycles. The molecule has 0 saturated heterocycles. The second kappa shape index (κ2) is 7.81. The molecule has 0 radical (unpaired) electrons. The van der Waals surface area contributed by atoms with Gasteiger partial charge in [-0.1, -0.05) is 23.7 Å². The van der Waals surface area contributed by atoms with E-state index in [1.807, 2.05) is 13.0 Å². The maximum Gasteiger partial charge on any atom is 0.291 e. The van der Waals surface area contributed by atoms with Gasteiger partial charge in [0.15, 0.2) is 11.5 Å². The molecule has 0 bridgehead atoms. The van der Waals surface area contributed by atoms with E-state index in [9.17, 15) is 9.59 Å². The zero-order valence-corrected chi connectivity index (χ0v) is 16.2. The molecule has 0 fully saturated rings. The molecule has 29 heavy (non-hydrogen) atoms. The molecular formula is C21H17ClN4O3. The van der Waals surface area contributed by atoms with E-state index in [4.69, 9.17) is 16.3 Å². The highest BCUT2D eigenvalue weighted by molar-refractivity contribution is 6.30. The predicted octanol–water partition coefficient (Wildman–Crippen LogP) is 3.67. The van der Waals surface area contributed by atoms with Crippen LogP contribution in [0.25, 0.3) is 6.08 Å². The standard InChI is InChI=1S/C21H17ClN4O3/c1-12-15(11-24-26-12)10-23-20(27)14-5-6-18-17(9-14)25-21(28)19(29-18)8-13-3-2-4-16(22)7-13/h2-9,11H,10H2,1H3,(H,23,27)(H,24,26)(H,25,28)/b19-8+. The van der Waals surface area contributed by atoms with Crippen LogP contribution >= 0.6 is 11.6 Å². The highest BCUT2D eigenvalue weighted by Crippen LogP contribution is 2.32. The molecule has 0 spiro atoms. The SMILES string of the molecule is Cc1[nH]ncc1CNC(=O)c1ccc2c(c1)NC(=O)/C(=C\c1cccc(Cl)c1)O2. The zero-order valence-electron chi connectivity index (χ0n) is 15.5. The molecular weight excluding hydrogens is 392 g/mol. The van der Waals surface area contributed by atoms with Crippen LogP contribution in [-0.2, 0) is 11.3 Å². The summed E-state index contributed by atoms with van der Waals surface area (Å²) in [7, 11) is 0. The van der Waals surface area contributed by atoms with E-state index in [0.717, 1.165) is 16.8 Å². The number of rotatable bonds is 4. The highest BCUT2D eigenvalue weighted by atomic mass is 35.5. The number of anilines is 1. The lowest BCUT2D eigenvalue weighted by Gasteiger charge is -2.20. The van der Waals surface area contributed by atoms with Crippen molar-refractivity contribution in [3.63, 3.8) is 0 Å². The van der Waals surface area contributed by atoms with Crippen molar-refractivity contribution in [3.05, 3.63) is 81.8 Å². The number of aryl methyl sites for hydroxylation is 1. The number of hydrogen-bond donors (Lipinski definition) is 3. The van der Waals surface area contributed by atoms with Crippen LogP contribution in [0.15, 0.2) is 54.4 Å². The maximum atomic E-state index is 12.4. The van der Waals surface area contributed by atoms with Gasteiger partial charge in [-0.25, -0.2) is 0 Å². The second-order valence-corrected chi connectivity index (χ2v) is 6.97. The number of nitrogens with one attached hydrogen (secondary N) is 3. The first kappa shape index (κ1) is 18.8. The lowest BCUT2D eigenvalue weighted by molar-refractivity contribution is -0.115. The summed E-state index contributed by atoms with van der Waals surface area (Å²) in [4.78, 5) is 24.8. The van der Waals surface area contributed by atoms with E-state index < -0.39 is 5.91 Å². The van der Waals surface area contributed by atoms with Gasteiger partial charge in [0.2, 0.25) is 0 Å². The Hall–Kier alpha value is -3.58. The molecule has 3 aromatic rings. The first-order chi connectivity index (χ1) is 14.0. The number of ether oxygens (including phenoxy) is 1. The fraction of sp³-hybridized carbons (Fsp3) is 0.0952. The molecule has 2 amide bonds. The number of aromatic amines is 1. The molecule has 0 saturated carbocycles. The second-order valence-electron chi connectivity index (χ2n) is 6.53. The van der Waals surface area contributed by atoms with E-state index >= 15 is 0 Å². The van der Waals surface area contributed by atoms with E-state index in [-0.39, 0.29) is 11.7 Å². The predicted molar refractivity (Wildman–Crippen MR) is 110 cm³/mol. The molecule has 8 heteroatoms. The van der Waals surface area contributed by atoms with Crippen LogP contribution in [0.3, 0.4) is 0 Å². The number of carbonyl (C=O) groups excluding carboxylic acids is 2. The Kier molecular flexibility index (Phi) is 5.05. The third-order valence-electron chi connectivity index (χ3n) is 4.45. The van der Waals surface area contributed by atoms with Crippen LogP contribution < -0.4 is 15.4 Å². The fourth-order valence-electron chi connectivity index (χ4n) is 2.88. The Balaban J connectivity index is 1.50. The van der Waals surface area contributed by atoms with Crippen LogP contribution in [-0.4, -0.2) is 22.0 Å². The average Bonchev–Trinajstić information content (AvgIpc) is 3.11. The minimum atomic E-state index is -0.399. The van der Waals surface area contributed by atoms with Gasteiger partial charge < -0.3 is 15.4 Å². The summed E-state index contributed by atoms with van der Waals surface area (Å²) in [5.74, 6) is -0.0560. The van der Waals surface area contributed by atoms with Gasteiger partial charge in [-0.15, -0.1) is 0 Å². The minimum Gasteiger partial charge on any atom is -0.449 e. The van der Waals surface area contributed by atoms with Crippen LogP contribution in [0, 0.1) is 6.92 Å². The van der Waals surface area contributed by atoms with E-state index in [1.54, 1.807) is 48.7 Å². The molecule has 3 N–H and O–H groups in total. The van der Waals surface area contributed by atoms with Gasteiger partial charge in [0.1, 0.15) is 0 Å². The van der Waals surface area contributed by atoms with Gasteiger partial charge in [-0.05, 0) is 48.9 Å². The summed E-state index contributed by atoms with van der Waals surface area (Å²) in [6, 6.07) is 12.0. The van der Waals surface area contributed by atoms with Crippen molar-refractivity contribution < 1.29 is 14.3 Å². The van der Waals surface area contributed by atoms with Crippen molar-refractivity contribution in [2.45, 2.75) is 13.5 Å². The number of fused-ring (bicyclic) bond motifs is 1. The number of halogens is 1. The number of nitrogens with zero attached hydrogens (tertiary/aromatic N) is 1. The zero-order chi connectivity index (χ0) is 20.4. The van der Waals surface area contributed by atoms with Crippen molar-refractivity contribution in [2.24, 2.45) is 0 Å². The maximum absolute atomic E-state index is 12.4. The number of amides is 2. The van der Waals surface area contributed by atoms with Gasteiger partial charge in [0, 0.05) is 28.4 Å². The van der Waals surface area contributed by atoms with E-state index in [0.29, 0.717) is 28.6 Å². The summed E-state index contributed by atoms with van der Waals surface area (Å²) >= 11 is 5.98. The van der Waals surface area contributed by atoms with Gasteiger partial charge in [-0.2, -0.15) is 5.10 Å². The average molecular weight is 409 g/mol. The molecule has 4 rings (SSSR count). The van der Waals surface area contributed by atoms with Gasteiger partial charge in [0.05, 0.1) is 11.9 Å². The summed E-state index contributed by atoms with van der Waals surface area (Å²) in [5.41, 5.74) is 3.40. The number of aromatic nitrogens is 2. The van der Waals surface area contributed by atoms with Gasteiger partial charge >= 0.3 is 0 Å². The molecule has 0 aliphatic carbocycles. The van der Waals surface area contributed by atoms with Crippen LogP contribution in [0.1, 0.15) is 27.2 Å².